The average molecular weight is 176 g/mol. The third kappa shape index (κ3) is 1.24. The molecule has 0 saturated carbocycles. The highest BCUT2D eigenvalue weighted by Gasteiger charge is 2.34. The van der Waals surface area contributed by atoms with E-state index in [-0.39, 0.29) is 10.8 Å². The minimum atomic E-state index is -1.39. The minimum absolute atomic E-state index is 0.251. The Hall–Kier alpha value is -0.306. The van der Waals surface area contributed by atoms with Gasteiger partial charge in [0, 0.05) is 0 Å². The Labute approximate surface area is 61.7 Å². The fraction of sp³-hybridized carbons (Fsp3) is 0.500. The molecule has 10 heavy (non-hydrogen) atoms. The average Bonchev–Trinajstić information content (AvgIpc) is 1.93. The summed E-state index contributed by atoms with van der Waals surface area (Å²) in [5.74, 6) is 0. The zero-order valence-corrected chi connectivity index (χ0v) is 8.11. The van der Waals surface area contributed by atoms with Crippen molar-refractivity contribution in [3.63, 3.8) is 0 Å². The summed E-state index contributed by atoms with van der Waals surface area (Å²) < 4.78 is 0. The summed E-state index contributed by atoms with van der Waals surface area (Å²) in [4.78, 5) is 21.4. The SMILES string of the molecule is O=C1[SiH2][SiH2]C(=O)C(O)C1O. The molecule has 0 radical (unpaired) electrons. The molecule has 6 heteroatoms. The van der Waals surface area contributed by atoms with Gasteiger partial charge in [-0.3, -0.25) is 0 Å². The molecule has 2 atom stereocenters. The molecule has 1 fully saturated rings. The van der Waals surface area contributed by atoms with Crippen LogP contribution in [-0.4, -0.2) is 51.3 Å². The smallest absolute Gasteiger partial charge is 0.139 e. The van der Waals surface area contributed by atoms with Crippen molar-refractivity contribution in [1.82, 2.24) is 0 Å². The lowest BCUT2D eigenvalue weighted by Gasteiger charge is -2.19. The second-order valence-corrected chi connectivity index (χ2v) is 7.72. The third-order valence-electron chi connectivity index (χ3n) is 1.58. The van der Waals surface area contributed by atoms with Gasteiger partial charge >= 0.3 is 0 Å². The van der Waals surface area contributed by atoms with Gasteiger partial charge in [0.15, 0.2) is 0 Å². The van der Waals surface area contributed by atoms with Crippen LogP contribution in [0.15, 0.2) is 0 Å². The second-order valence-electron chi connectivity index (χ2n) is 2.32. The topological polar surface area (TPSA) is 74.6 Å². The van der Waals surface area contributed by atoms with Crippen LogP contribution in [0.3, 0.4) is 0 Å². The van der Waals surface area contributed by atoms with Gasteiger partial charge in [-0.1, -0.05) is 0 Å². The lowest BCUT2D eigenvalue weighted by Crippen LogP contribution is -2.52. The number of hydrogen-bond donors (Lipinski definition) is 2. The number of hydrogen-bond acceptors (Lipinski definition) is 4. The molecular formula is C4H8O4Si2. The van der Waals surface area contributed by atoms with E-state index in [2.05, 4.69) is 0 Å². The molecule has 4 nitrogen and oxygen atoms in total. The molecule has 0 aromatic carbocycles. The Morgan fingerprint density at radius 2 is 1.30 bits per heavy atom. The van der Waals surface area contributed by atoms with Crippen LogP contribution in [0.5, 0.6) is 0 Å². The molecule has 1 heterocycles. The van der Waals surface area contributed by atoms with Crippen molar-refractivity contribution in [2.45, 2.75) is 12.2 Å². The lowest BCUT2D eigenvalue weighted by molar-refractivity contribution is -0.135. The number of carbonyl (C=O) groups is 2. The van der Waals surface area contributed by atoms with Crippen LogP contribution in [0, 0.1) is 0 Å². The molecule has 1 aliphatic rings. The second kappa shape index (κ2) is 2.74. The standard InChI is InChI=1S/C4H8O4Si2/c5-1-2(6)4(8)10-9-3(1)7/h1-2,5-6H,9-10H2. The summed E-state index contributed by atoms with van der Waals surface area (Å²) in [7, 11) is -1.91. The predicted octanol–water partition coefficient (Wildman–Crippen LogP) is -3.97. The summed E-state index contributed by atoms with van der Waals surface area (Å²) in [6.45, 7) is 0. The highest BCUT2D eigenvalue weighted by Crippen LogP contribution is 2.00. The molecule has 0 aromatic rings. The summed E-state index contributed by atoms with van der Waals surface area (Å²) in [5.41, 5.74) is 0. The van der Waals surface area contributed by atoms with Crippen molar-refractivity contribution in [2.24, 2.45) is 0 Å². The van der Waals surface area contributed by atoms with Crippen LogP contribution in [-0.2, 0) is 9.59 Å². The zero-order valence-electron chi connectivity index (χ0n) is 5.28. The van der Waals surface area contributed by atoms with Crippen molar-refractivity contribution in [1.29, 1.82) is 0 Å². The molecule has 2 unspecified atom stereocenters. The third-order valence-corrected chi connectivity index (χ3v) is 7.36. The molecule has 0 bridgehead atoms. The summed E-state index contributed by atoms with van der Waals surface area (Å²) >= 11 is 0. The summed E-state index contributed by atoms with van der Waals surface area (Å²) in [5, 5.41) is 17.2. The van der Waals surface area contributed by atoms with E-state index < -0.39 is 30.3 Å². The first-order chi connectivity index (χ1) is 4.63. The lowest BCUT2D eigenvalue weighted by atomic mass is 10.2. The van der Waals surface area contributed by atoms with Crippen LogP contribution < -0.4 is 0 Å². The van der Waals surface area contributed by atoms with Crippen LogP contribution in [0.2, 0.25) is 0 Å². The van der Waals surface area contributed by atoms with E-state index >= 15 is 0 Å². The molecular weight excluding hydrogens is 168 g/mol. The maximum Gasteiger partial charge on any atom is 0.139 e. The quantitative estimate of drug-likeness (QED) is 0.369. The molecule has 1 rings (SSSR count). The normalized spacial score (nSPS) is 39.4. The largest absolute Gasteiger partial charge is 0.383 e. The van der Waals surface area contributed by atoms with Crippen molar-refractivity contribution in [3.05, 3.63) is 0 Å². The molecule has 1 saturated heterocycles. The Morgan fingerprint density at radius 3 is 1.60 bits per heavy atom. The monoisotopic (exact) mass is 176 g/mol. The minimum Gasteiger partial charge on any atom is -0.383 e. The highest BCUT2D eigenvalue weighted by atomic mass is 29.1. The Kier molecular flexibility index (Phi) is 2.14. The Morgan fingerprint density at radius 1 is 1.00 bits per heavy atom. The first-order valence-electron chi connectivity index (χ1n) is 3.04. The number of aliphatic hydroxyl groups is 2. The van der Waals surface area contributed by atoms with E-state index in [4.69, 9.17) is 10.2 Å². The summed E-state index contributed by atoms with van der Waals surface area (Å²) in [6, 6.07) is 0. The van der Waals surface area contributed by atoms with Crippen molar-refractivity contribution in [3.8, 4) is 0 Å². The van der Waals surface area contributed by atoms with Crippen molar-refractivity contribution in [2.75, 3.05) is 0 Å². The van der Waals surface area contributed by atoms with Crippen LogP contribution in [0.25, 0.3) is 0 Å². The fourth-order valence-electron chi connectivity index (χ4n) is 0.894. The zero-order chi connectivity index (χ0) is 7.72. The van der Waals surface area contributed by atoms with Gasteiger partial charge in [0.2, 0.25) is 0 Å². The maximum atomic E-state index is 10.7. The van der Waals surface area contributed by atoms with Crippen LogP contribution in [0.1, 0.15) is 0 Å². The van der Waals surface area contributed by atoms with Crippen LogP contribution in [0.4, 0.5) is 0 Å². The van der Waals surface area contributed by atoms with Crippen molar-refractivity contribution >= 4 is 28.9 Å². The van der Waals surface area contributed by atoms with E-state index in [0.29, 0.717) is 0 Å². The first-order valence-corrected chi connectivity index (χ1v) is 8.46. The first kappa shape index (κ1) is 7.80. The molecule has 0 amide bonds. The maximum absolute atomic E-state index is 10.7. The van der Waals surface area contributed by atoms with Gasteiger partial charge in [-0.05, 0) is 0 Å². The molecule has 0 spiro atoms. The highest BCUT2D eigenvalue weighted by molar-refractivity contribution is 7.28. The van der Waals surface area contributed by atoms with E-state index in [1.165, 1.54) is 0 Å². The van der Waals surface area contributed by atoms with Gasteiger partial charge < -0.3 is 19.8 Å². The molecule has 56 valence electrons. The number of rotatable bonds is 0. The van der Waals surface area contributed by atoms with Crippen molar-refractivity contribution < 1.29 is 19.8 Å². The van der Waals surface area contributed by atoms with E-state index in [1.807, 2.05) is 0 Å². The molecule has 0 aliphatic carbocycles. The van der Waals surface area contributed by atoms with Gasteiger partial charge in [-0.15, -0.1) is 0 Å². The van der Waals surface area contributed by atoms with Gasteiger partial charge in [0.05, 0.1) is 0 Å². The van der Waals surface area contributed by atoms with Gasteiger partial charge in [-0.25, -0.2) is 0 Å². The fourth-order valence-corrected chi connectivity index (χ4v) is 5.68. The van der Waals surface area contributed by atoms with Gasteiger partial charge in [0.1, 0.15) is 41.1 Å². The number of carbonyl (C=O) groups excluding carboxylic acids is 2. The molecule has 2 N–H and O–H groups in total. The predicted molar refractivity (Wildman–Crippen MR) is 39.1 cm³/mol. The van der Waals surface area contributed by atoms with E-state index in [9.17, 15) is 9.59 Å². The van der Waals surface area contributed by atoms with E-state index in [0.717, 1.165) is 0 Å². The van der Waals surface area contributed by atoms with Gasteiger partial charge in [0.25, 0.3) is 0 Å². The molecule has 0 aromatic heterocycles. The van der Waals surface area contributed by atoms with Crippen LogP contribution >= 0.6 is 0 Å². The number of aliphatic hydroxyl groups excluding tert-OH is 2. The van der Waals surface area contributed by atoms with E-state index in [1.54, 1.807) is 0 Å². The molecule has 1 aliphatic heterocycles. The summed E-state index contributed by atoms with van der Waals surface area (Å²) in [6.07, 6.45) is -2.78. The Balaban J connectivity index is 2.69. The van der Waals surface area contributed by atoms with Gasteiger partial charge in [-0.2, -0.15) is 0 Å². The Bertz CT molecular complexity index is 160.